The molecule has 6 heteroatoms. The molecule has 1 aromatic heterocycles. The third-order valence-corrected chi connectivity index (χ3v) is 6.22. The number of fused-ring (bicyclic) bond motifs is 2. The minimum Gasteiger partial charge on any atom is -0.336 e. The summed E-state index contributed by atoms with van der Waals surface area (Å²) in [5.74, 6) is 0.0778. The molecule has 0 bridgehead atoms. The first-order chi connectivity index (χ1) is 15.2. The van der Waals surface area contributed by atoms with Gasteiger partial charge in [-0.05, 0) is 43.0 Å². The zero-order valence-electron chi connectivity index (χ0n) is 17.5. The van der Waals surface area contributed by atoms with E-state index in [9.17, 15) is 9.59 Å². The molecule has 2 aliphatic rings. The summed E-state index contributed by atoms with van der Waals surface area (Å²) in [6.07, 6.45) is 2.93. The van der Waals surface area contributed by atoms with Crippen molar-refractivity contribution < 1.29 is 9.59 Å². The Morgan fingerprint density at radius 1 is 0.903 bits per heavy atom. The van der Waals surface area contributed by atoms with Gasteiger partial charge in [0.2, 0.25) is 5.91 Å². The molecule has 0 unspecified atom stereocenters. The van der Waals surface area contributed by atoms with Crippen LogP contribution in [-0.2, 0) is 17.6 Å². The van der Waals surface area contributed by atoms with E-state index in [0.29, 0.717) is 32.7 Å². The number of anilines is 1. The number of para-hydroxylation sites is 2. The molecule has 31 heavy (non-hydrogen) atoms. The van der Waals surface area contributed by atoms with Gasteiger partial charge in [0.15, 0.2) is 0 Å². The number of carbonyl (C=O) groups excluding carboxylic acids is 2. The first-order valence-corrected chi connectivity index (χ1v) is 11.0. The number of amides is 2. The van der Waals surface area contributed by atoms with Crippen molar-refractivity contribution in [1.82, 2.24) is 14.8 Å². The first-order valence-electron chi connectivity index (χ1n) is 11.0. The predicted molar refractivity (Wildman–Crippen MR) is 121 cm³/mol. The van der Waals surface area contributed by atoms with Gasteiger partial charge in [-0.25, -0.2) is 0 Å². The molecule has 158 valence electrons. The van der Waals surface area contributed by atoms with E-state index in [1.807, 2.05) is 59.5 Å². The van der Waals surface area contributed by atoms with E-state index >= 15 is 0 Å². The second kappa shape index (κ2) is 8.47. The molecule has 6 nitrogen and oxygen atoms in total. The summed E-state index contributed by atoms with van der Waals surface area (Å²) in [6, 6.07) is 17.5. The highest BCUT2D eigenvalue weighted by atomic mass is 16.2. The Hall–Kier alpha value is -3.25. The Morgan fingerprint density at radius 3 is 2.45 bits per heavy atom. The molecule has 1 fully saturated rings. The van der Waals surface area contributed by atoms with Gasteiger partial charge in [-0.2, -0.15) is 0 Å². The Balaban J connectivity index is 1.26. The van der Waals surface area contributed by atoms with Crippen molar-refractivity contribution in [2.45, 2.75) is 19.3 Å². The quantitative estimate of drug-likeness (QED) is 0.712. The Morgan fingerprint density at radius 2 is 1.65 bits per heavy atom. The molecule has 1 aliphatic heterocycles. The normalized spacial score (nSPS) is 16.3. The lowest BCUT2D eigenvalue weighted by atomic mass is 9.99. The van der Waals surface area contributed by atoms with Gasteiger partial charge in [0.1, 0.15) is 0 Å². The largest absolute Gasteiger partial charge is 0.336 e. The molecule has 0 spiro atoms. The minimum absolute atomic E-state index is 0.0241. The van der Waals surface area contributed by atoms with Crippen LogP contribution in [0.2, 0.25) is 0 Å². The zero-order chi connectivity index (χ0) is 21.2. The van der Waals surface area contributed by atoms with E-state index in [2.05, 4.69) is 10.2 Å². The molecule has 2 amide bonds. The van der Waals surface area contributed by atoms with Crippen molar-refractivity contribution in [2.24, 2.45) is 0 Å². The fourth-order valence-electron chi connectivity index (χ4n) is 4.65. The smallest absolute Gasteiger partial charge is 0.254 e. The van der Waals surface area contributed by atoms with Gasteiger partial charge in [-0.15, -0.1) is 0 Å². The van der Waals surface area contributed by atoms with Crippen LogP contribution in [0.4, 0.5) is 5.69 Å². The molecule has 3 aromatic rings. The highest BCUT2D eigenvalue weighted by Crippen LogP contribution is 2.31. The van der Waals surface area contributed by atoms with Crippen molar-refractivity contribution >= 4 is 28.4 Å². The standard InChI is InChI=1S/C25H26N4O2/c30-23(26-18-7-2-1-3-8-18)17-28-13-15-29(16-14-28)25(31)24-19-9-4-5-11-21(19)27-22-12-6-10-20(22)24/h1-5,7-9,11H,6,10,12-17H2,(H,26,30). The van der Waals surface area contributed by atoms with Crippen molar-refractivity contribution in [3.63, 3.8) is 0 Å². The van der Waals surface area contributed by atoms with Crippen molar-refractivity contribution in [1.29, 1.82) is 0 Å². The molecular weight excluding hydrogens is 388 g/mol. The molecule has 2 aromatic carbocycles. The number of pyridine rings is 1. The van der Waals surface area contributed by atoms with E-state index < -0.39 is 0 Å². The number of nitrogens with zero attached hydrogens (tertiary/aromatic N) is 3. The average Bonchev–Trinajstić information content (AvgIpc) is 3.26. The van der Waals surface area contributed by atoms with Crippen LogP contribution in [0.25, 0.3) is 10.9 Å². The summed E-state index contributed by atoms with van der Waals surface area (Å²) >= 11 is 0. The summed E-state index contributed by atoms with van der Waals surface area (Å²) in [7, 11) is 0. The Labute approximate surface area is 181 Å². The fraction of sp³-hybridized carbons (Fsp3) is 0.320. The first kappa shape index (κ1) is 19.7. The van der Waals surface area contributed by atoms with E-state index in [1.54, 1.807) is 0 Å². The van der Waals surface area contributed by atoms with Crippen LogP contribution >= 0.6 is 0 Å². The number of hydrogen-bond donors (Lipinski definition) is 1. The maximum atomic E-state index is 13.5. The lowest BCUT2D eigenvalue weighted by Gasteiger charge is -2.34. The monoisotopic (exact) mass is 414 g/mol. The topological polar surface area (TPSA) is 65.5 Å². The number of hydrogen-bond acceptors (Lipinski definition) is 4. The molecule has 0 saturated carbocycles. The summed E-state index contributed by atoms with van der Waals surface area (Å²) < 4.78 is 0. The molecule has 1 N–H and O–H groups in total. The molecular formula is C25H26N4O2. The van der Waals surface area contributed by atoms with Gasteiger partial charge in [-0.3, -0.25) is 19.5 Å². The van der Waals surface area contributed by atoms with Crippen LogP contribution in [-0.4, -0.2) is 59.3 Å². The van der Waals surface area contributed by atoms with Gasteiger partial charge in [0, 0.05) is 42.9 Å². The maximum absolute atomic E-state index is 13.5. The van der Waals surface area contributed by atoms with Crippen LogP contribution in [0.1, 0.15) is 28.0 Å². The van der Waals surface area contributed by atoms with Crippen molar-refractivity contribution in [3.05, 3.63) is 71.4 Å². The summed E-state index contributed by atoms with van der Waals surface area (Å²) in [5.41, 5.74) is 4.77. The van der Waals surface area contributed by atoms with E-state index in [-0.39, 0.29) is 11.8 Å². The second-order valence-corrected chi connectivity index (χ2v) is 8.27. The fourth-order valence-corrected chi connectivity index (χ4v) is 4.65. The molecule has 0 atom stereocenters. The summed E-state index contributed by atoms with van der Waals surface area (Å²) in [4.78, 5) is 34.7. The zero-order valence-corrected chi connectivity index (χ0v) is 17.5. The lowest BCUT2D eigenvalue weighted by Crippen LogP contribution is -2.50. The van der Waals surface area contributed by atoms with Gasteiger partial charge in [0.25, 0.3) is 5.91 Å². The van der Waals surface area contributed by atoms with Crippen LogP contribution in [0.15, 0.2) is 54.6 Å². The minimum atomic E-state index is -0.0241. The number of aryl methyl sites for hydroxylation is 1. The molecule has 1 saturated heterocycles. The summed E-state index contributed by atoms with van der Waals surface area (Å²) in [6.45, 7) is 2.98. The van der Waals surface area contributed by atoms with Crippen LogP contribution in [0.5, 0.6) is 0 Å². The van der Waals surface area contributed by atoms with E-state index in [4.69, 9.17) is 4.98 Å². The predicted octanol–water partition coefficient (Wildman–Crippen LogP) is 3.12. The lowest BCUT2D eigenvalue weighted by molar-refractivity contribution is -0.117. The summed E-state index contributed by atoms with van der Waals surface area (Å²) in [5, 5.41) is 3.89. The van der Waals surface area contributed by atoms with Gasteiger partial charge in [0.05, 0.1) is 17.6 Å². The number of benzene rings is 2. The highest BCUT2D eigenvalue weighted by molar-refractivity contribution is 6.08. The Bertz CT molecular complexity index is 1120. The molecule has 1 aliphatic carbocycles. The van der Waals surface area contributed by atoms with Crippen molar-refractivity contribution in [3.8, 4) is 0 Å². The third-order valence-electron chi connectivity index (χ3n) is 6.22. The number of nitrogens with one attached hydrogen (secondary N) is 1. The van der Waals surface area contributed by atoms with Gasteiger partial charge in [-0.1, -0.05) is 36.4 Å². The number of piperazine rings is 1. The third kappa shape index (κ3) is 4.03. The van der Waals surface area contributed by atoms with Crippen LogP contribution in [0.3, 0.4) is 0 Å². The number of carbonyl (C=O) groups is 2. The van der Waals surface area contributed by atoms with E-state index in [1.165, 1.54) is 0 Å². The Kier molecular flexibility index (Phi) is 5.38. The highest BCUT2D eigenvalue weighted by Gasteiger charge is 2.29. The van der Waals surface area contributed by atoms with E-state index in [0.717, 1.165) is 52.7 Å². The molecule has 0 radical (unpaired) electrons. The average molecular weight is 415 g/mol. The number of aromatic nitrogens is 1. The van der Waals surface area contributed by atoms with Crippen LogP contribution < -0.4 is 5.32 Å². The van der Waals surface area contributed by atoms with Gasteiger partial charge < -0.3 is 10.2 Å². The van der Waals surface area contributed by atoms with Crippen LogP contribution in [0, 0.1) is 0 Å². The molecule has 5 rings (SSSR count). The SMILES string of the molecule is O=C(CN1CCN(C(=O)c2c3c(nc4ccccc24)CCC3)CC1)Nc1ccccc1. The number of rotatable bonds is 4. The van der Waals surface area contributed by atoms with Crippen molar-refractivity contribution in [2.75, 3.05) is 38.0 Å². The molecule has 2 heterocycles. The van der Waals surface area contributed by atoms with Gasteiger partial charge >= 0.3 is 0 Å². The maximum Gasteiger partial charge on any atom is 0.254 e. The second-order valence-electron chi connectivity index (χ2n) is 8.27.